The number of rotatable bonds is 5. The van der Waals surface area contributed by atoms with Gasteiger partial charge in [0, 0.05) is 26.4 Å². The van der Waals surface area contributed by atoms with Gasteiger partial charge in [-0.1, -0.05) is 67.7 Å². The van der Waals surface area contributed by atoms with E-state index in [4.69, 9.17) is 16.7 Å². The molecule has 3 unspecified atom stereocenters. The molecule has 6 nitrogen and oxygen atoms in total. The average molecular weight is 718 g/mol. The summed E-state index contributed by atoms with van der Waals surface area (Å²) in [7, 11) is -3.89. The molecule has 3 aliphatic rings. The van der Waals surface area contributed by atoms with E-state index < -0.39 is 16.1 Å². The fourth-order valence-corrected chi connectivity index (χ4v) is 8.41. The molecular weight excluding hydrogens is 690 g/mol. The van der Waals surface area contributed by atoms with E-state index in [9.17, 15) is 13.2 Å². The Balaban J connectivity index is 1.38. The first-order chi connectivity index (χ1) is 19.7. The molecule has 10 heteroatoms. The lowest BCUT2D eigenvalue weighted by atomic mass is 9.77. The summed E-state index contributed by atoms with van der Waals surface area (Å²) in [5, 5.41) is 7.05. The summed E-state index contributed by atoms with van der Waals surface area (Å²) in [4.78, 5) is 14.5. The summed E-state index contributed by atoms with van der Waals surface area (Å²) >= 11 is 13.0. The van der Waals surface area contributed by atoms with Gasteiger partial charge in [-0.2, -0.15) is 9.41 Å². The third-order valence-electron chi connectivity index (χ3n) is 8.06. The molecule has 0 bridgehead atoms. The molecule has 41 heavy (non-hydrogen) atoms. The Morgan fingerprint density at radius 2 is 1.56 bits per heavy atom. The van der Waals surface area contributed by atoms with Crippen LogP contribution < -0.4 is 0 Å². The lowest BCUT2D eigenvalue weighted by Crippen LogP contribution is -2.46. The molecule has 2 aliphatic heterocycles. The second-order valence-corrected chi connectivity index (χ2v) is 14.8. The Morgan fingerprint density at radius 1 is 0.902 bits per heavy atom. The van der Waals surface area contributed by atoms with Crippen LogP contribution in [-0.4, -0.2) is 41.9 Å². The fraction of sp³-hybridized carbons (Fsp3) is 0.290. The molecule has 6 rings (SSSR count). The molecule has 2 fully saturated rings. The summed E-state index contributed by atoms with van der Waals surface area (Å²) < 4.78 is 30.6. The molecule has 0 radical (unpaired) electrons. The van der Waals surface area contributed by atoms with Crippen molar-refractivity contribution in [1.82, 2.24) is 9.31 Å². The SMILES string of the molecule is O=C(C1CCCN1S(=O)(=O)c1ccc(Cl)cc1)N1N=C2C(=Cc3ccc(Br)cc3)CCCC2C1c1ccc(Br)cc1. The standard InChI is InChI=1S/C31H28Br2ClN3O3S/c32-23-10-6-20(7-11-23)19-22-3-1-4-27-29(22)35-37(30(27)21-8-12-24(33)13-9-21)31(38)28-5-2-18-36(28)41(39,40)26-16-14-25(34)15-17-26/h6-17,19,27-28,30H,1-5,18H2. The van der Waals surface area contributed by atoms with Crippen LogP contribution in [-0.2, 0) is 14.8 Å². The normalized spacial score (nSPS) is 24.0. The van der Waals surface area contributed by atoms with E-state index in [2.05, 4.69) is 50.1 Å². The third kappa shape index (κ3) is 5.71. The predicted molar refractivity (Wildman–Crippen MR) is 169 cm³/mol. The van der Waals surface area contributed by atoms with Gasteiger partial charge in [-0.25, -0.2) is 13.4 Å². The van der Waals surface area contributed by atoms with E-state index in [1.54, 1.807) is 17.1 Å². The van der Waals surface area contributed by atoms with E-state index in [1.807, 2.05) is 36.4 Å². The number of halogens is 3. The second kappa shape index (κ2) is 11.8. The van der Waals surface area contributed by atoms with Gasteiger partial charge in [-0.15, -0.1) is 0 Å². The molecule has 3 atom stereocenters. The van der Waals surface area contributed by atoms with Crippen LogP contribution in [0.25, 0.3) is 6.08 Å². The monoisotopic (exact) mass is 715 g/mol. The maximum atomic E-state index is 14.3. The minimum absolute atomic E-state index is 0.0262. The van der Waals surface area contributed by atoms with Crippen molar-refractivity contribution < 1.29 is 13.2 Å². The molecule has 1 saturated carbocycles. The van der Waals surface area contributed by atoms with Crippen LogP contribution in [0.3, 0.4) is 0 Å². The van der Waals surface area contributed by atoms with E-state index in [0.717, 1.165) is 50.6 Å². The van der Waals surface area contributed by atoms with E-state index in [-0.39, 0.29) is 29.3 Å². The Bertz CT molecular complexity index is 1620. The summed E-state index contributed by atoms with van der Waals surface area (Å²) in [6.07, 6.45) is 5.99. The number of hydrazone groups is 1. The smallest absolute Gasteiger partial charge is 0.261 e. The van der Waals surface area contributed by atoms with Crippen LogP contribution in [0.15, 0.2) is 97.3 Å². The first-order valence-electron chi connectivity index (χ1n) is 13.6. The quantitative estimate of drug-likeness (QED) is 0.270. The first-order valence-corrected chi connectivity index (χ1v) is 17.0. The van der Waals surface area contributed by atoms with Gasteiger partial charge in [0.15, 0.2) is 0 Å². The Labute approximate surface area is 262 Å². The van der Waals surface area contributed by atoms with Crippen molar-refractivity contribution >= 4 is 71.2 Å². The zero-order valence-corrected chi connectivity index (χ0v) is 26.8. The average Bonchev–Trinajstić information content (AvgIpc) is 3.62. The molecule has 1 saturated heterocycles. The topological polar surface area (TPSA) is 70.1 Å². The highest BCUT2D eigenvalue weighted by Gasteiger charge is 2.48. The van der Waals surface area contributed by atoms with E-state index in [0.29, 0.717) is 17.9 Å². The maximum Gasteiger partial charge on any atom is 0.261 e. The van der Waals surface area contributed by atoms with Crippen LogP contribution in [0, 0.1) is 5.92 Å². The van der Waals surface area contributed by atoms with Crippen LogP contribution in [0.4, 0.5) is 0 Å². The Kier molecular flexibility index (Phi) is 8.26. The van der Waals surface area contributed by atoms with Gasteiger partial charge < -0.3 is 0 Å². The lowest BCUT2D eigenvalue weighted by Gasteiger charge is -2.32. The zero-order chi connectivity index (χ0) is 28.7. The van der Waals surface area contributed by atoms with Crippen LogP contribution >= 0.6 is 43.5 Å². The number of amides is 1. The number of hydrogen-bond acceptors (Lipinski definition) is 4. The Morgan fingerprint density at radius 3 is 2.24 bits per heavy atom. The molecule has 2 heterocycles. The number of carbonyl (C=O) groups is 1. The van der Waals surface area contributed by atoms with Gasteiger partial charge in [0.05, 0.1) is 16.6 Å². The van der Waals surface area contributed by atoms with Crippen molar-refractivity contribution in [2.24, 2.45) is 11.0 Å². The molecule has 1 aliphatic carbocycles. The molecule has 0 aromatic heterocycles. The van der Waals surface area contributed by atoms with Crippen molar-refractivity contribution in [3.05, 3.63) is 103 Å². The summed E-state index contributed by atoms with van der Waals surface area (Å²) in [5.41, 5.74) is 4.11. The second-order valence-electron chi connectivity index (χ2n) is 10.6. The summed E-state index contributed by atoms with van der Waals surface area (Å²) in [5.74, 6) is -0.254. The van der Waals surface area contributed by atoms with Crippen LogP contribution in [0.5, 0.6) is 0 Å². The van der Waals surface area contributed by atoms with Gasteiger partial charge in [-0.05, 0) is 103 Å². The number of benzene rings is 3. The molecule has 1 amide bonds. The highest BCUT2D eigenvalue weighted by molar-refractivity contribution is 9.10. The molecule has 0 N–H and O–H groups in total. The lowest BCUT2D eigenvalue weighted by molar-refractivity contribution is -0.137. The zero-order valence-electron chi connectivity index (χ0n) is 22.1. The highest BCUT2D eigenvalue weighted by atomic mass is 79.9. The van der Waals surface area contributed by atoms with Crippen molar-refractivity contribution in [3.8, 4) is 0 Å². The number of sulfonamides is 1. The number of allylic oxidation sites excluding steroid dienone is 1. The van der Waals surface area contributed by atoms with Crippen LogP contribution in [0.1, 0.15) is 49.3 Å². The van der Waals surface area contributed by atoms with Crippen molar-refractivity contribution in [2.75, 3.05) is 6.54 Å². The number of nitrogens with zero attached hydrogens (tertiary/aromatic N) is 3. The van der Waals surface area contributed by atoms with Crippen molar-refractivity contribution in [2.45, 2.75) is 49.1 Å². The van der Waals surface area contributed by atoms with E-state index >= 15 is 0 Å². The number of hydrogen-bond donors (Lipinski definition) is 0. The molecule has 3 aromatic rings. The van der Waals surface area contributed by atoms with Gasteiger partial charge >= 0.3 is 0 Å². The number of carbonyl (C=O) groups excluding carboxylic acids is 1. The summed E-state index contributed by atoms with van der Waals surface area (Å²) in [6, 6.07) is 21.1. The van der Waals surface area contributed by atoms with Gasteiger partial charge in [-0.3, -0.25) is 4.79 Å². The van der Waals surface area contributed by atoms with E-state index in [1.165, 1.54) is 16.4 Å². The fourth-order valence-electron chi connectivity index (χ4n) is 6.11. The summed E-state index contributed by atoms with van der Waals surface area (Å²) in [6.45, 7) is 0.285. The molecule has 3 aromatic carbocycles. The largest absolute Gasteiger partial charge is 0.271 e. The molecule has 0 spiro atoms. The van der Waals surface area contributed by atoms with Gasteiger partial charge in [0.25, 0.3) is 5.91 Å². The van der Waals surface area contributed by atoms with Gasteiger partial charge in [0.1, 0.15) is 6.04 Å². The first kappa shape index (κ1) is 28.8. The maximum absolute atomic E-state index is 14.3. The molecular formula is C31H28Br2ClN3O3S. The third-order valence-corrected chi connectivity index (χ3v) is 11.3. The minimum Gasteiger partial charge on any atom is -0.271 e. The Hall–Kier alpha value is -2.30. The van der Waals surface area contributed by atoms with Crippen molar-refractivity contribution in [1.29, 1.82) is 0 Å². The van der Waals surface area contributed by atoms with Gasteiger partial charge in [0.2, 0.25) is 10.0 Å². The van der Waals surface area contributed by atoms with Crippen molar-refractivity contribution in [3.63, 3.8) is 0 Å². The number of fused-ring (bicyclic) bond motifs is 1. The van der Waals surface area contributed by atoms with Crippen LogP contribution in [0.2, 0.25) is 5.02 Å². The highest BCUT2D eigenvalue weighted by Crippen LogP contribution is 2.45. The minimum atomic E-state index is -3.89. The molecule has 212 valence electrons. The predicted octanol–water partition coefficient (Wildman–Crippen LogP) is 7.84.